The second-order valence-electron chi connectivity index (χ2n) is 3.80. The van der Waals surface area contributed by atoms with Crippen LogP contribution >= 0.6 is 19.2 Å². The maximum absolute atomic E-state index is 11.4. The normalized spacial score (nSPS) is 11.3. The topological polar surface area (TPSA) is 92.8 Å². The average Bonchev–Trinajstić information content (AvgIpc) is 2.33. The lowest BCUT2D eigenvalue weighted by Gasteiger charge is -2.14. The Balaban J connectivity index is 2.45. The maximum Gasteiger partial charge on any atom is 0.360 e. The van der Waals surface area contributed by atoms with Crippen LogP contribution in [0.15, 0.2) is 42.5 Å². The van der Waals surface area contributed by atoms with Crippen molar-refractivity contribution in [2.75, 3.05) is 5.73 Å². The molecule has 2 rings (SSSR count). The van der Waals surface area contributed by atoms with E-state index in [9.17, 15) is 14.4 Å². The van der Waals surface area contributed by atoms with E-state index >= 15 is 0 Å². The predicted octanol–water partition coefficient (Wildman–Crippen LogP) is 2.52. The van der Waals surface area contributed by atoms with Gasteiger partial charge in [0.25, 0.3) is 0 Å². The number of hydrogen-bond acceptors (Lipinski definition) is 3. The summed E-state index contributed by atoms with van der Waals surface area (Å²) in [6.07, 6.45) is 0. The van der Waals surface area contributed by atoms with Crippen LogP contribution in [-0.4, -0.2) is 9.79 Å². The molecule has 0 amide bonds. The standard InChI is InChI=1S/C12H11ClNO4P/c13-8-4-6-9(7-5-8)18-12-10(14)2-1-3-11(12)19(15,16)17/h1-7H,14H2,(H2,15,16,17). The first-order chi connectivity index (χ1) is 8.88. The molecule has 0 fully saturated rings. The summed E-state index contributed by atoms with van der Waals surface area (Å²) >= 11 is 5.75. The van der Waals surface area contributed by atoms with E-state index in [1.165, 1.54) is 18.2 Å². The molecule has 0 radical (unpaired) electrons. The Kier molecular flexibility index (Phi) is 3.83. The van der Waals surface area contributed by atoms with Crippen molar-refractivity contribution in [2.24, 2.45) is 0 Å². The zero-order valence-corrected chi connectivity index (χ0v) is 11.3. The van der Waals surface area contributed by atoms with Gasteiger partial charge in [-0.25, -0.2) is 0 Å². The van der Waals surface area contributed by atoms with Gasteiger partial charge in [0.05, 0.1) is 5.69 Å². The van der Waals surface area contributed by atoms with E-state index in [4.69, 9.17) is 22.1 Å². The van der Waals surface area contributed by atoms with E-state index in [1.54, 1.807) is 24.3 Å². The van der Waals surface area contributed by atoms with E-state index in [-0.39, 0.29) is 16.7 Å². The van der Waals surface area contributed by atoms with Crippen LogP contribution in [0.4, 0.5) is 5.69 Å². The number of halogens is 1. The van der Waals surface area contributed by atoms with Crippen molar-refractivity contribution in [1.82, 2.24) is 0 Å². The summed E-state index contributed by atoms with van der Waals surface area (Å²) in [5, 5.41) is 0.283. The summed E-state index contributed by atoms with van der Waals surface area (Å²) < 4.78 is 16.8. The molecule has 0 spiro atoms. The third-order valence-electron chi connectivity index (χ3n) is 2.37. The Morgan fingerprint density at radius 2 is 1.74 bits per heavy atom. The van der Waals surface area contributed by atoms with Crippen molar-refractivity contribution in [3.8, 4) is 11.5 Å². The van der Waals surface area contributed by atoms with Crippen LogP contribution in [0, 0.1) is 0 Å². The van der Waals surface area contributed by atoms with Crippen molar-refractivity contribution >= 4 is 30.2 Å². The van der Waals surface area contributed by atoms with Gasteiger partial charge in [0, 0.05) is 5.02 Å². The van der Waals surface area contributed by atoms with Crippen molar-refractivity contribution < 1.29 is 19.1 Å². The molecule has 0 aromatic heterocycles. The molecule has 0 unspecified atom stereocenters. The molecule has 0 heterocycles. The van der Waals surface area contributed by atoms with Crippen molar-refractivity contribution in [1.29, 1.82) is 0 Å². The number of benzene rings is 2. The van der Waals surface area contributed by atoms with Gasteiger partial charge in [0.1, 0.15) is 11.1 Å². The first-order valence-electron chi connectivity index (χ1n) is 5.26. The van der Waals surface area contributed by atoms with Crippen LogP contribution in [0.5, 0.6) is 11.5 Å². The zero-order chi connectivity index (χ0) is 14.0. The molecule has 0 saturated carbocycles. The third kappa shape index (κ3) is 3.28. The van der Waals surface area contributed by atoms with Crippen LogP contribution in [0.3, 0.4) is 0 Å². The molecular formula is C12H11ClNO4P. The molecule has 2 aromatic carbocycles. The van der Waals surface area contributed by atoms with Gasteiger partial charge in [-0.05, 0) is 36.4 Å². The van der Waals surface area contributed by atoms with Crippen molar-refractivity contribution in [2.45, 2.75) is 0 Å². The van der Waals surface area contributed by atoms with Crippen molar-refractivity contribution in [3.05, 3.63) is 47.5 Å². The monoisotopic (exact) mass is 299 g/mol. The third-order valence-corrected chi connectivity index (χ3v) is 3.60. The summed E-state index contributed by atoms with van der Waals surface area (Å²) in [4.78, 5) is 18.5. The molecule has 0 saturated heterocycles. The lowest BCUT2D eigenvalue weighted by Crippen LogP contribution is -2.10. The van der Waals surface area contributed by atoms with E-state index in [2.05, 4.69) is 0 Å². The minimum atomic E-state index is -4.46. The van der Waals surface area contributed by atoms with Crippen LogP contribution in [-0.2, 0) is 4.57 Å². The van der Waals surface area contributed by atoms with Gasteiger partial charge in [-0.15, -0.1) is 0 Å². The fourth-order valence-corrected chi connectivity index (χ4v) is 2.35. The van der Waals surface area contributed by atoms with Crippen molar-refractivity contribution in [3.63, 3.8) is 0 Å². The van der Waals surface area contributed by atoms with Crippen LogP contribution in [0.25, 0.3) is 0 Å². The molecule has 0 aliphatic carbocycles. The summed E-state index contributed by atoms with van der Waals surface area (Å²) in [5.74, 6) is 0.343. The molecule has 0 bridgehead atoms. The number of anilines is 1. The smallest absolute Gasteiger partial charge is 0.360 e. The summed E-state index contributed by atoms with van der Waals surface area (Å²) in [6.45, 7) is 0. The van der Waals surface area contributed by atoms with E-state index < -0.39 is 7.60 Å². The van der Waals surface area contributed by atoms with Crippen LogP contribution < -0.4 is 15.8 Å². The van der Waals surface area contributed by atoms with Gasteiger partial charge >= 0.3 is 7.60 Å². The number of hydrogen-bond donors (Lipinski definition) is 3. The molecule has 7 heteroatoms. The largest absolute Gasteiger partial charge is 0.454 e. The first kappa shape index (κ1) is 13.9. The van der Waals surface area contributed by atoms with Gasteiger partial charge in [0.15, 0.2) is 5.75 Å². The molecule has 0 aliphatic heterocycles. The summed E-state index contributed by atoms with van der Waals surface area (Å²) in [6, 6.07) is 10.6. The maximum atomic E-state index is 11.4. The minimum absolute atomic E-state index is 0.0434. The highest BCUT2D eigenvalue weighted by atomic mass is 35.5. The highest BCUT2D eigenvalue weighted by Gasteiger charge is 2.24. The number of nitrogens with two attached hydrogens (primary N) is 1. The SMILES string of the molecule is Nc1cccc(P(=O)(O)O)c1Oc1ccc(Cl)cc1. The lowest BCUT2D eigenvalue weighted by molar-refractivity contribution is 0.385. The zero-order valence-electron chi connectivity index (χ0n) is 9.65. The Morgan fingerprint density at radius 3 is 2.32 bits per heavy atom. The number of nitrogen functional groups attached to an aromatic ring is 1. The van der Waals surface area contributed by atoms with E-state index in [0.29, 0.717) is 10.8 Å². The number of ether oxygens (including phenoxy) is 1. The quantitative estimate of drug-likeness (QED) is 0.598. The molecule has 19 heavy (non-hydrogen) atoms. The number of rotatable bonds is 3. The Morgan fingerprint density at radius 1 is 1.11 bits per heavy atom. The Hall–Kier alpha value is -1.52. The Bertz CT molecular complexity index is 639. The Labute approximate surface area is 114 Å². The highest BCUT2D eigenvalue weighted by molar-refractivity contribution is 7.60. The minimum Gasteiger partial charge on any atom is -0.454 e. The fraction of sp³-hybridized carbons (Fsp3) is 0. The van der Waals surface area contributed by atoms with Gasteiger partial charge in [-0.1, -0.05) is 17.7 Å². The molecule has 0 atom stereocenters. The van der Waals surface area contributed by atoms with E-state index in [1.807, 2.05) is 0 Å². The van der Waals surface area contributed by atoms with Gasteiger partial charge < -0.3 is 20.3 Å². The summed E-state index contributed by atoms with van der Waals surface area (Å²) in [7, 11) is -4.46. The average molecular weight is 300 g/mol. The van der Waals surface area contributed by atoms with Crippen LogP contribution in [0.1, 0.15) is 0 Å². The van der Waals surface area contributed by atoms with Gasteiger partial charge in [-0.2, -0.15) is 0 Å². The van der Waals surface area contributed by atoms with Gasteiger partial charge in [0.2, 0.25) is 0 Å². The molecule has 100 valence electrons. The molecular weight excluding hydrogens is 289 g/mol. The van der Waals surface area contributed by atoms with E-state index in [0.717, 1.165) is 0 Å². The van der Waals surface area contributed by atoms with Crippen LogP contribution in [0.2, 0.25) is 5.02 Å². The molecule has 0 aliphatic rings. The molecule has 4 N–H and O–H groups in total. The summed E-state index contributed by atoms with van der Waals surface area (Å²) in [5.41, 5.74) is 5.85. The predicted molar refractivity (Wildman–Crippen MR) is 74.1 cm³/mol. The second-order valence-corrected chi connectivity index (χ2v) is 5.80. The molecule has 2 aromatic rings. The fourth-order valence-electron chi connectivity index (χ4n) is 1.50. The highest BCUT2D eigenvalue weighted by Crippen LogP contribution is 2.40. The first-order valence-corrected chi connectivity index (χ1v) is 7.25. The molecule has 5 nitrogen and oxygen atoms in total. The number of para-hydroxylation sites is 1. The van der Waals surface area contributed by atoms with Gasteiger partial charge in [-0.3, -0.25) is 4.57 Å². The lowest BCUT2D eigenvalue weighted by atomic mass is 10.3. The second kappa shape index (κ2) is 5.23.